The lowest BCUT2D eigenvalue weighted by Crippen LogP contribution is -2.32. The van der Waals surface area contributed by atoms with Crippen LogP contribution in [0.2, 0.25) is 10.0 Å². The van der Waals surface area contributed by atoms with Gasteiger partial charge in [0.15, 0.2) is 19.5 Å². The average Bonchev–Trinajstić information content (AvgIpc) is 2.64. The molecule has 27 heavy (non-hydrogen) atoms. The number of nitrogens with one attached hydrogen (secondary N) is 1. The molecule has 0 radical (unpaired) electrons. The molecule has 0 spiro atoms. The molecule has 1 N–H and O–H groups in total. The number of amides is 1. The molecule has 0 aromatic heterocycles. The molecule has 0 heterocycles. The van der Waals surface area contributed by atoms with E-state index in [0.717, 1.165) is 0 Å². The molecule has 1 atom stereocenters. The Morgan fingerprint density at radius 1 is 1.15 bits per heavy atom. The summed E-state index contributed by atoms with van der Waals surface area (Å²) in [5.74, 6) is -0.960. The van der Waals surface area contributed by atoms with Crippen molar-refractivity contribution in [3.05, 3.63) is 63.6 Å². The minimum absolute atomic E-state index is 0.264. The predicted octanol–water partition coefficient (Wildman–Crippen LogP) is 3.61. The van der Waals surface area contributed by atoms with Crippen LogP contribution in [0.5, 0.6) is 5.75 Å². The molecule has 2 aromatic rings. The summed E-state index contributed by atoms with van der Waals surface area (Å²) in [5.41, 5.74) is 1.01. The Morgan fingerprint density at radius 2 is 1.89 bits per heavy atom. The van der Waals surface area contributed by atoms with Crippen LogP contribution < -0.4 is 10.1 Å². The largest absolute Gasteiger partial charge is 0.481 e. The van der Waals surface area contributed by atoms with E-state index in [-0.39, 0.29) is 5.75 Å². The number of aldehydes is 1. The van der Waals surface area contributed by atoms with Crippen LogP contribution in [0.15, 0.2) is 42.5 Å². The fraction of sp³-hybridized carbons (Fsp3) is 0.211. The number of carbonyl (C=O) groups is 3. The van der Waals surface area contributed by atoms with Crippen molar-refractivity contribution in [3.8, 4) is 5.75 Å². The molecule has 2 aromatic carbocycles. The lowest BCUT2D eigenvalue weighted by molar-refractivity contribution is -0.150. The first-order valence-electron chi connectivity index (χ1n) is 7.97. The van der Waals surface area contributed by atoms with Crippen molar-refractivity contribution in [2.24, 2.45) is 0 Å². The second-order valence-corrected chi connectivity index (χ2v) is 6.40. The predicted molar refractivity (Wildman–Crippen MR) is 101 cm³/mol. The van der Waals surface area contributed by atoms with E-state index < -0.39 is 31.1 Å². The summed E-state index contributed by atoms with van der Waals surface area (Å²) in [6, 6.07) is 11.0. The number of hydrogen-bond acceptors (Lipinski definition) is 5. The number of hydrogen-bond donors (Lipinski definition) is 1. The van der Waals surface area contributed by atoms with E-state index in [4.69, 9.17) is 32.7 Å². The van der Waals surface area contributed by atoms with Crippen LogP contribution in [-0.4, -0.2) is 31.4 Å². The molecule has 142 valence electrons. The van der Waals surface area contributed by atoms with Gasteiger partial charge in [-0.05, 0) is 36.8 Å². The summed E-state index contributed by atoms with van der Waals surface area (Å²) in [5, 5.41) is 3.59. The Kier molecular flexibility index (Phi) is 7.64. The normalized spacial score (nSPS) is 11.4. The molecular weight excluding hydrogens is 393 g/mol. The van der Waals surface area contributed by atoms with E-state index >= 15 is 0 Å². The fourth-order valence-electron chi connectivity index (χ4n) is 2.25. The van der Waals surface area contributed by atoms with Gasteiger partial charge in [-0.15, -0.1) is 0 Å². The van der Waals surface area contributed by atoms with Crippen LogP contribution in [0.1, 0.15) is 28.9 Å². The molecule has 0 bridgehead atoms. The van der Waals surface area contributed by atoms with Gasteiger partial charge in [0.1, 0.15) is 5.75 Å². The Morgan fingerprint density at radius 3 is 2.59 bits per heavy atom. The Hall–Kier alpha value is -2.57. The summed E-state index contributed by atoms with van der Waals surface area (Å²) < 4.78 is 10.1. The highest BCUT2D eigenvalue weighted by atomic mass is 35.5. The number of esters is 1. The van der Waals surface area contributed by atoms with E-state index in [9.17, 15) is 14.4 Å². The van der Waals surface area contributed by atoms with Crippen LogP contribution in [0, 0.1) is 0 Å². The van der Waals surface area contributed by atoms with Gasteiger partial charge in [-0.3, -0.25) is 9.59 Å². The number of halogens is 2. The molecular formula is C19H17Cl2NO5. The average molecular weight is 410 g/mol. The molecule has 8 heteroatoms. The van der Waals surface area contributed by atoms with Gasteiger partial charge in [0.25, 0.3) is 5.91 Å². The first kappa shape index (κ1) is 20.7. The second kappa shape index (κ2) is 9.94. The van der Waals surface area contributed by atoms with Crippen molar-refractivity contribution in [1.82, 2.24) is 5.32 Å². The van der Waals surface area contributed by atoms with Crippen LogP contribution in [0.25, 0.3) is 0 Å². The maximum atomic E-state index is 11.9. The molecule has 0 aliphatic heterocycles. The minimum Gasteiger partial charge on any atom is -0.481 e. The molecule has 0 fully saturated rings. The zero-order chi connectivity index (χ0) is 19.8. The Balaban J connectivity index is 1.79. The molecule has 2 rings (SSSR count). The van der Waals surface area contributed by atoms with Gasteiger partial charge in [-0.2, -0.15) is 0 Å². The topological polar surface area (TPSA) is 81.7 Å². The molecule has 1 amide bonds. The SMILES string of the molecule is C[C@H](NC(=O)COC(=O)COc1ccccc1C=O)c1ccc(Cl)cc1Cl. The van der Waals surface area contributed by atoms with Crippen molar-refractivity contribution in [3.63, 3.8) is 0 Å². The van der Waals surface area contributed by atoms with E-state index in [1.165, 1.54) is 0 Å². The quantitative estimate of drug-likeness (QED) is 0.531. The highest BCUT2D eigenvalue weighted by Gasteiger charge is 2.15. The van der Waals surface area contributed by atoms with Gasteiger partial charge < -0.3 is 14.8 Å². The fourth-order valence-corrected chi connectivity index (χ4v) is 2.82. The van der Waals surface area contributed by atoms with Crippen LogP contribution in [0.3, 0.4) is 0 Å². The van der Waals surface area contributed by atoms with E-state index in [1.807, 2.05) is 0 Å². The molecule has 0 saturated carbocycles. The molecule has 6 nitrogen and oxygen atoms in total. The standard InChI is InChI=1S/C19H17Cl2NO5/c1-12(15-7-6-14(20)8-16(15)21)22-18(24)10-27-19(25)11-26-17-5-3-2-4-13(17)9-23/h2-9,12H,10-11H2,1H3,(H,22,24)/t12-/m0/s1. The third kappa shape index (κ3) is 6.27. The van der Waals surface area contributed by atoms with Gasteiger partial charge in [-0.1, -0.05) is 41.4 Å². The summed E-state index contributed by atoms with van der Waals surface area (Å²) >= 11 is 11.9. The number of rotatable bonds is 8. The van der Waals surface area contributed by atoms with Gasteiger partial charge in [-0.25, -0.2) is 4.79 Å². The molecule has 0 saturated heterocycles. The first-order valence-corrected chi connectivity index (χ1v) is 8.73. The molecule has 0 aliphatic rings. The molecule has 0 unspecified atom stereocenters. The number of ether oxygens (including phenoxy) is 2. The van der Waals surface area contributed by atoms with Gasteiger partial charge in [0.2, 0.25) is 0 Å². The summed E-state index contributed by atoms with van der Waals surface area (Å²) in [4.78, 5) is 34.5. The van der Waals surface area contributed by atoms with Gasteiger partial charge >= 0.3 is 5.97 Å². The highest BCUT2D eigenvalue weighted by Crippen LogP contribution is 2.26. The summed E-state index contributed by atoms with van der Waals surface area (Å²) in [7, 11) is 0. The highest BCUT2D eigenvalue weighted by molar-refractivity contribution is 6.35. The van der Waals surface area contributed by atoms with Crippen molar-refractivity contribution in [2.75, 3.05) is 13.2 Å². The molecule has 0 aliphatic carbocycles. The lowest BCUT2D eigenvalue weighted by Gasteiger charge is -2.16. The van der Waals surface area contributed by atoms with Gasteiger partial charge in [0, 0.05) is 10.0 Å². The van der Waals surface area contributed by atoms with Crippen LogP contribution in [0.4, 0.5) is 0 Å². The smallest absolute Gasteiger partial charge is 0.344 e. The minimum atomic E-state index is -0.733. The zero-order valence-electron chi connectivity index (χ0n) is 14.4. The van der Waals surface area contributed by atoms with E-state index in [2.05, 4.69) is 5.32 Å². The third-order valence-corrected chi connectivity index (χ3v) is 4.12. The first-order chi connectivity index (χ1) is 12.9. The third-order valence-electron chi connectivity index (χ3n) is 3.56. The summed E-state index contributed by atoms with van der Waals surface area (Å²) in [6.45, 7) is 0.859. The maximum Gasteiger partial charge on any atom is 0.344 e. The van der Waals surface area contributed by atoms with Crippen LogP contribution >= 0.6 is 23.2 Å². The summed E-state index contributed by atoms with van der Waals surface area (Å²) in [6.07, 6.45) is 0.622. The van der Waals surface area contributed by atoms with Crippen molar-refractivity contribution >= 4 is 41.4 Å². The Bertz CT molecular complexity index is 841. The number of benzene rings is 2. The van der Waals surface area contributed by atoms with Crippen LogP contribution in [-0.2, 0) is 14.3 Å². The second-order valence-electron chi connectivity index (χ2n) is 5.56. The van der Waals surface area contributed by atoms with Gasteiger partial charge in [0.05, 0.1) is 11.6 Å². The number of para-hydroxylation sites is 1. The maximum absolute atomic E-state index is 11.9. The van der Waals surface area contributed by atoms with E-state index in [0.29, 0.717) is 27.5 Å². The number of carbonyl (C=O) groups excluding carboxylic acids is 3. The van der Waals surface area contributed by atoms with Crippen molar-refractivity contribution in [2.45, 2.75) is 13.0 Å². The van der Waals surface area contributed by atoms with Crippen molar-refractivity contribution in [1.29, 1.82) is 0 Å². The monoisotopic (exact) mass is 409 g/mol. The van der Waals surface area contributed by atoms with Crippen molar-refractivity contribution < 1.29 is 23.9 Å². The lowest BCUT2D eigenvalue weighted by atomic mass is 10.1. The zero-order valence-corrected chi connectivity index (χ0v) is 15.9. The van der Waals surface area contributed by atoms with E-state index in [1.54, 1.807) is 49.4 Å². The Labute approximate surface area is 166 Å².